The summed E-state index contributed by atoms with van der Waals surface area (Å²) in [5, 5.41) is 6.99. The molecule has 1 saturated heterocycles. The van der Waals surface area contributed by atoms with Crippen molar-refractivity contribution in [1.29, 1.82) is 0 Å². The quantitative estimate of drug-likeness (QED) is 0.427. The zero-order chi connectivity index (χ0) is 22.6. The fourth-order valence-electron chi connectivity index (χ4n) is 4.42. The second kappa shape index (κ2) is 9.95. The van der Waals surface area contributed by atoms with E-state index in [-0.39, 0.29) is 0 Å². The van der Waals surface area contributed by atoms with Crippen LogP contribution in [0.3, 0.4) is 0 Å². The van der Waals surface area contributed by atoms with E-state index in [1.165, 1.54) is 11.1 Å². The summed E-state index contributed by atoms with van der Waals surface area (Å²) in [4.78, 5) is 20.2. The number of piperazine rings is 1. The van der Waals surface area contributed by atoms with Crippen LogP contribution in [0.2, 0.25) is 0 Å². The van der Waals surface area contributed by atoms with Crippen molar-refractivity contribution in [1.82, 2.24) is 24.8 Å². The maximum atomic E-state index is 4.99. The van der Waals surface area contributed by atoms with Crippen LogP contribution in [0.15, 0.2) is 60.2 Å². The second-order valence-electron chi connectivity index (χ2n) is 8.53. The van der Waals surface area contributed by atoms with E-state index in [0.29, 0.717) is 11.9 Å². The molecule has 1 aliphatic heterocycles. The highest BCUT2D eigenvalue weighted by atomic mass is 32.1. The molecule has 1 aliphatic rings. The van der Waals surface area contributed by atoms with E-state index in [2.05, 4.69) is 63.6 Å². The van der Waals surface area contributed by atoms with Gasteiger partial charge in [0.2, 0.25) is 0 Å². The number of pyridine rings is 1. The minimum atomic E-state index is 0.426. The Kier molecular flexibility index (Phi) is 6.62. The fraction of sp³-hybridized carbons (Fsp3) is 0.346. The van der Waals surface area contributed by atoms with Crippen molar-refractivity contribution in [2.45, 2.75) is 19.9 Å². The van der Waals surface area contributed by atoms with Crippen LogP contribution < -0.4 is 5.32 Å². The number of rotatable bonds is 7. The Hall–Kier alpha value is -2.87. The van der Waals surface area contributed by atoms with Crippen LogP contribution in [0, 0.1) is 0 Å². The number of hydrogen-bond acceptors (Lipinski definition) is 7. The first-order valence-corrected chi connectivity index (χ1v) is 12.6. The number of anilines is 1. The number of aromatic nitrogens is 3. The van der Waals surface area contributed by atoms with Gasteiger partial charge in [-0.2, -0.15) is 0 Å². The van der Waals surface area contributed by atoms with Crippen LogP contribution in [0.5, 0.6) is 0 Å². The van der Waals surface area contributed by atoms with E-state index < -0.39 is 0 Å². The average molecular weight is 459 g/mol. The third-order valence-corrected chi connectivity index (χ3v) is 7.35. The Balaban J connectivity index is 1.46. The molecule has 4 heterocycles. The molecular weight excluding hydrogens is 428 g/mol. The number of thiophene rings is 1. The lowest BCUT2D eigenvalue weighted by molar-refractivity contribution is 0.110. The van der Waals surface area contributed by atoms with Crippen molar-refractivity contribution in [2.75, 3.05) is 44.6 Å². The highest BCUT2D eigenvalue weighted by Crippen LogP contribution is 2.38. The number of likely N-dealkylation sites (N-methyl/N-ethyl adjacent to an activating group) is 1. The van der Waals surface area contributed by atoms with E-state index in [0.717, 1.165) is 60.9 Å². The van der Waals surface area contributed by atoms with Crippen molar-refractivity contribution in [2.24, 2.45) is 0 Å². The Morgan fingerprint density at radius 2 is 1.79 bits per heavy atom. The molecule has 1 unspecified atom stereocenters. The normalized spacial score (nSPS) is 16.2. The van der Waals surface area contributed by atoms with Gasteiger partial charge in [-0.3, -0.25) is 9.88 Å². The maximum Gasteiger partial charge on any atom is 0.164 e. The van der Waals surface area contributed by atoms with Crippen molar-refractivity contribution in [3.63, 3.8) is 0 Å². The Morgan fingerprint density at radius 1 is 1.00 bits per heavy atom. The summed E-state index contributed by atoms with van der Waals surface area (Å²) >= 11 is 1.67. The van der Waals surface area contributed by atoms with Crippen LogP contribution in [0.25, 0.3) is 32.7 Å². The molecule has 0 bridgehead atoms. The molecule has 0 saturated carbocycles. The number of benzene rings is 1. The summed E-state index contributed by atoms with van der Waals surface area (Å²) < 4.78 is 0. The smallest absolute Gasteiger partial charge is 0.164 e. The minimum absolute atomic E-state index is 0.426. The molecule has 7 heteroatoms. The average Bonchev–Trinajstić information content (AvgIpc) is 3.32. The molecule has 0 amide bonds. The third-order valence-electron chi connectivity index (χ3n) is 6.48. The maximum absolute atomic E-state index is 4.99. The number of nitrogens with zero attached hydrogens (tertiary/aromatic N) is 5. The summed E-state index contributed by atoms with van der Waals surface area (Å²) in [6, 6.07) is 14.9. The van der Waals surface area contributed by atoms with Crippen molar-refractivity contribution in [3.8, 4) is 22.5 Å². The zero-order valence-corrected chi connectivity index (χ0v) is 20.1. The van der Waals surface area contributed by atoms with E-state index in [4.69, 9.17) is 9.97 Å². The first-order chi connectivity index (χ1) is 16.2. The molecule has 1 aromatic carbocycles. The minimum Gasteiger partial charge on any atom is -0.368 e. The summed E-state index contributed by atoms with van der Waals surface area (Å²) in [5.74, 6) is 1.61. The highest BCUT2D eigenvalue weighted by Gasteiger charge is 2.21. The van der Waals surface area contributed by atoms with E-state index in [1.54, 1.807) is 17.5 Å². The van der Waals surface area contributed by atoms with E-state index >= 15 is 0 Å². The predicted molar refractivity (Wildman–Crippen MR) is 138 cm³/mol. The van der Waals surface area contributed by atoms with Crippen LogP contribution in [0.1, 0.15) is 13.8 Å². The predicted octanol–water partition coefficient (Wildman–Crippen LogP) is 4.86. The molecule has 5 rings (SSSR count). The molecule has 170 valence electrons. The van der Waals surface area contributed by atoms with Gasteiger partial charge in [0, 0.05) is 67.7 Å². The molecule has 33 heavy (non-hydrogen) atoms. The standard InChI is InChI=1S/C26H30N6S/c1-3-31-12-14-32(15-13-31)19(2)16-28-25-23-22(20-8-5-4-6-9-20)18-33-26(23)30-24(29-25)21-10-7-11-27-17-21/h4-11,17-19H,3,12-16H2,1-2H3,(H,28,29,30). The van der Waals surface area contributed by atoms with Crippen LogP contribution in [-0.4, -0.2) is 70.1 Å². The lowest BCUT2D eigenvalue weighted by Crippen LogP contribution is -2.51. The molecule has 6 nitrogen and oxygen atoms in total. The molecular formula is C26H30N6S. The van der Waals surface area contributed by atoms with Gasteiger partial charge in [-0.1, -0.05) is 37.3 Å². The van der Waals surface area contributed by atoms with Gasteiger partial charge in [0.05, 0.1) is 5.39 Å². The number of hydrogen-bond donors (Lipinski definition) is 1. The molecule has 1 atom stereocenters. The number of nitrogens with one attached hydrogen (secondary N) is 1. The fourth-order valence-corrected chi connectivity index (χ4v) is 5.36. The van der Waals surface area contributed by atoms with Gasteiger partial charge in [0.25, 0.3) is 0 Å². The Bertz CT molecular complexity index is 1190. The highest BCUT2D eigenvalue weighted by molar-refractivity contribution is 7.17. The molecule has 0 aliphatic carbocycles. The monoisotopic (exact) mass is 458 g/mol. The van der Waals surface area contributed by atoms with Gasteiger partial charge in [-0.05, 0) is 31.2 Å². The van der Waals surface area contributed by atoms with E-state index in [9.17, 15) is 0 Å². The van der Waals surface area contributed by atoms with Gasteiger partial charge in [0.1, 0.15) is 10.6 Å². The van der Waals surface area contributed by atoms with Gasteiger partial charge in [0.15, 0.2) is 5.82 Å². The topological polar surface area (TPSA) is 57.2 Å². The lowest BCUT2D eigenvalue weighted by Gasteiger charge is -2.37. The zero-order valence-electron chi connectivity index (χ0n) is 19.2. The van der Waals surface area contributed by atoms with Gasteiger partial charge in [-0.25, -0.2) is 9.97 Å². The van der Waals surface area contributed by atoms with Crippen molar-refractivity contribution < 1.29 is 0 Å². The molecule has 4 aromatic rings. The molecule has 0 radical (unpaired) electrons. The van der Waals surface area contributed by atoms with Crippen LogP contribution >= 0.6 is 11.3 Å². The molecule has 1 N–H and O–H groups in total. The summed E-state index contributed by atoms with van der Waals surface area (Å²) in [6.07, 6.45) is 3.60. The largest absolute Gasteiger partial charge is 0.368 e. The summed E-state index contributed by atoms with van der Waals surface area (Å²) in [5.41, 5.74) is 3.30. The van der Waals surface area contributed by atoms with Gasteiger partial charge >= 0.3 is 0 Å². The summed E-state index contributed by atoms with van der Waals surface area (Å²) in [7, 11) is 0. The van der Waals surface area contributed by atoms with Gasteiger partial charge in [-0.15, -0.1) is 11.3 Å². The van der Waals surface area contributed by atoms with Crippen LogP contribution in [-0.2, 0) is 0 Å². The third kappa shape index (κ3) is 4.76. The number of fused-ring (bicyclic) bond motifs is 1. The van der Waals surface area contributed by atoms with Crippen molar-refractivity contribution in [3.05, 3.63) is 60.2 Å². The molecule has 1 fully saturated rings. The second-order valence-corrected chi connectivity index (χ2v) is 9.39. The Morgan fingerprint density at radius 3 is 2.52 bits per heavy atom. The van der Waals surface area contributed by atoms with Crippen LogP contribution in [0.4, 0.5) is 5.82 Å². The SMILES string of the molecule is CCN1CCN(C(C)CNc2nc(-c3cccnc3)nc3scc(-c4ccccc4)c23)CC1. The first-order valence-electron chi connectivity index (χ1n) is 11.7. The molecule has 0 spiro atoms. The Labute approximate surface area is 199 Å². The summed E-state index contributed by atoms with van der Waals surface area (Å²) in [6.45, 7) is 11.0. The van der Waals surface area contributed by atoms with Crippen molar-refractivity contribution >= 4 is 27.4 Å². The van der Waals surface area contributed by atoms with Gasteiger partial charge < -0.3 is 10.2 Å². The molecule has 3 aromatic heterocycles. The first kappa shape index (κ1) is 21.9. The van der Waals surface area contributed by atoms with E-state index in [1.807, 2.05) is 24.4 Å². The lowest BCUT2D eigenvalue weighted by atomic mass is 10.1.